The predicted molar refractivity (Wildman–Crippen MR) is 83.0 cm³/mol. The lowest BCUT2D eigenvalue weighted by molar-refractivity contribution is 1.45. The first kappa shape index (κ1) is 13.5. The molecule has 0 amide bonds. The number of hydrogen-bond donors (Lipinski definition) is 2. The fraction of sp³-hybridized carbons (Fsp3) is 0.0769. The Bertz CT molecular complexity index is 600. The second-order valence-electron chi connectivity index (χ2n) is 3.95. The number of nitrogen functional groups attached to an aromatic ring is 1. The lowest BCUT2D eigenvalue weighted by atomic mass is 10.2. The number of benzene rings is 2. The van der Waals surface area contributed by atoms with Crippen LogP contribution in [0.4, 0.5) is 17.1 Å². The second-order valence-corrected chi connectivity index (χ2v) is 5.61. The fourth-order valence-electron chi connectivity index (χ4n) is 1.52. The van der Waals surface area contributed by atoms with Crippen LogP contribution >= 0.6 is 39.1 Å². The Morgan fingerprint density at radius 3 is 2.44 bits per heavy atom. The van der Waals surface area contributed by atoms with Crippen molar-refractivity contribution in [1.82, 2.24) is 0 Å². The molecule has 0 unspecified atom stereocenters. The van der Waals surface area contributed by atoms with Gasteiger partial charge in [0.05, 0.1) is 16.4 Å². The van der Waals surface area contributed by atoms with Crippen LogP contribution in [0.15, 0.2) is 34.8 Å². The Hall–Kier alpha value is -0.900. The highest BCUT2D eigenvalue weighted by Crippen LogP contribution is 2.34. The van der Waals surface area contributed by atoms with E-state index in [9.17, 15) is 0 Å². The maximum Gasteiger partial charge on any atom is 0.0644 e. The monoisotopic (exact) mass is 344 g/mol. The molecule has 0 radical (unpaired) electrons. The first-order valence-electron chi connectivity index (χ1n) is 5.25. The van der Waals surface area contributed by atoms with E-state index in [4.69, 9.17) is 28.9 Å². The van der Waals surface area contributed by atoms with Gasteiger partial charge in [0.25, 0.3) is 0 Å². The minimum Gasteiger partial charge on any atom is -0.399 e. The van der Waals surface area contributed by atoms with Crippen molar-refractivity contribution >= 4 is 56.2 Å². The van der Waals surface area contributed by atoms with Crippen LogP contribution < -0.4 is 11.1 Å². The standard InChI is InChI=1S/C13H11BrCl2N2/c1-7-4-11(16)13(6-10(7)15)18-12-3-2-8(17)5-9(12)14/h2-6,18H,17H2,1H3. The number of nitrogens with two attached hydrogens (primary N) is 1. The van der Waals surface area contributed by atoms with Crippen LogP contribution in [0.5, 0.6) is 0 Å². The van der Waals surface area contributed by atoms with Crippen LogP contribution in [0.3, 0.4) is 0 Å². The molecule has 0 aliphatic rings. The Morgan fingerprint density at radius 2 is 1.78 bits per heavy atom. The summed E-state index contributed by atoms with van der Waals surface area (Å²) in [6, 6.07) is 9.16. The number of halogens is 3. The Kier molecular flexibility index (Phi) is 4.05. The SMILES string of the molecule is Cc1cc(Cl)c(Nc2ccc(N)cc2Br)cc1Cl. The molecule has 2 nitrogen and oxygen atoms in total. The highest BCUT2D eigenvalue weighted by atomic mass is 79.9. The van der Waals surface area contributed by atoms with Gasteiger partial charge in [-0.3, -0.25) is 0 Å². The lowest BCUT2D eigenvalue weighted by Gasteiger charge is -2.12. The highest BCUT2D eigenvalue weighted by Gasteiger charge is 2.07. The van der Waals surface area contributed by atoms with Crippen LogP contribution in [0.25, 0.3) is 0 Å². The molecule has 2 aromatic carbocycles. The summed E-state index contributed by atoms with van der Waals surface area (Å²) in [6.45, 7) is 1.91. The van der Waals surface area contributed by atoms with Gasteiger partial charge in [0.1, 0.15) is 0 Å². The van der Waals surface area contributed by atoms with Gasteiger partial charge >= 0.3 is 0 Å². The average molecular weight is 346 g/mol. The minimum absolute atomic E-state index is 0.626. The summed E-state index contributed by atoms with van der Waals surface area (Å²) >= 11 is 15.7. The molecule has 0 saturated carbocycles. The van der Waals surface area contributed by atoms with Crippen LogP contribution in [0, 0.1) is 6.92 Å². The van der Waals surface area contributed by atoms with E-state index in [0.29, 0.717) is 15.7 Å². The van der Waals surface area contributed by atoms with Crippen molar-refractivity contribution < 1.29 is 0 Å². The molecule has 0 bridgehead atoms. The van der Waals surface area contributed by atoms with E-state index >= 15 is 0 Å². The van der Waals surface area contributed by atoms with E-state index in [1.165, 1.54) is 0 Å². The summed E-state index contributed by atoms with van der Waals surface area (Å²) in [5.74, 6) is 0. The molecule has 0 saturated heterocycles. The Balaban J connectivity index is 2.37. The molecule has 0 spiro atoms. The molecule has 94 valence electrons. The van der Waals surface area contributed by atoms with Gasteiger partial charge in [0.15, 0.2) is 0 Å². The molecule has 18 heavy (non-hydrogen) atoms. The molecule has 0 atom stereocenters. The van der Waals surface area contributed by atoms with E-state index in [1.54, 1.807) is 0 Å². The van der Waals surface area contributed by atoms with Gasteiger partial charge in [-0.1, -0.05) is 23.2 Å². The van der Waals surface area contributed by atoms with Crippen LogP contribution in [0.2, 0.25) is 10.0 Å². The molecule has 2 rings (SSSR count). The normalized spacial score (nSPS) is 10.4. The molecular weight excluding hydrogens is 335 g/mol. The van der Waals surface area contributed by atoms with E-state index < -0.39 is 0 Å². The Morgan fingerprint density at radius 1 is 1.06 bits per heavy atom. The first-order valence-corrected chi connectivity index (χ1v) is 6.80. The van der Waals surface area contributed by atoms with Gasteiger partial charge in [0.2, 0.25) is 0 Å². The minimum atomic E-state index is 0.626. The maximum absolute atomic E-state index is 6.17. The van der Waals surface area contributed by atoms with E-state index in [0.717, 1.165) is 21.4 Å². The summed E-state index contributed by atoms with van der Waals surface area (Å²) in [6.07, 6.45) is 0. The van der Waals surface area contributed by atoms with Gasteiger partial charge in [-0.25, -0.2) is 0 Å². The zero-order valence-corrected chi connectivity index (χ0v) is 12.7. The van der Waals surface area contributed by atoms with Crippen molar-refractivity contribution in [2.45, 2.75) is 6.92 Å². The molecule has 2 aromatic rings. The van der Waals surface area contributed by atoms with E-state index in [1.807, 2.05) is 37.3 Å². The quantitative estimate of drug-likeness (QED) is 0.716. The lowest BCUT2D eigenvalue weighted by Crippen LogP contribution is -1.94. The van der Waals surface area contributed by atoms with Gasteiger partial charge in [-0.05, 0) is 58.7 Å². The summed E-state index contributed by atoms with van der Waals surface area (Å²) < 4.78 is 0.871. The smallest absolute Gasteiger partial charge is 0.0644 e. The topological polar surface area (TPSA) is 38.0 Å². The van der Waals surface area contributed by atoms with Crippen molar-refractivity contribution in [1.29, 1.82) is 0 Å². The van der Waals surface area contributed by atoms with E-state index in [-0.39, 0.29) is 0 Å². The third-order valence-corrected chi connectivity index (χ3v) is 3.89. The Labute approximate surface area is 124 Å². The van der Waals surface area contributed by atoms with Crippen molar-refractivity contribution in [3.05, 3.63) is 50.4 Å². The zero-order chi connectivity index (χ0) is 13.3. The van der Waals surface area contributed by atoms with E-state index in [2.05, 4.69) is 21.2 Å². The zero-order valence-electron chi connectivity index (χ0n) is 9.60. The number of anilines is 3. The average Bonchev–Trinajstić information content (AvgIpc) is 2.29. The largest absolute Gasteiger partial charge is 0.399 e. The summed E-state index contributed by atoms with van der Waals surface area (Å²) in [4.78, 5) is 0. The highest BCUT2D eigenvalue weighted by molar-refractivity contribution is 9.10. The molecule has 0 aliphatic heterocycles. The van der Waals surface area contributed by atoms with Gasteiger partial charge in [-0.15, -0.1) is 0 Å². The molecular formula is C13H11BrCl2N2. The molecule has 0 aromatic heterocycles. The van der Waals surface area contributed by atoms with Gasteiger partial charge in [-0.2, -0.15) is 0 Å². The number of aryl methyl sites for hydroxylation is 1. The van der Waals surface area contributed by atoms with Crippen molar-refractivity contribution in [2.24, 2.45) is 0 Å². The summed E-state index contributed by atoms with van der Waals surface area (Å²) in [5, 5.41) is 4.52. The molecule has 0 fully saturated rings. The molecule has 0 heterocycles. The fourth-order valence-corrected chi connectivity index (χ4v) is 2.44. The van der Waals surface area contributed by atoms with Crippen molar-refractivity contribution in [2.75, 3.05) is 11.1 Å². The summed E-state index contributed by atoms with van der Waals surface area (Å²) in [5.41, 5.74) is 8.97. The van der Waals surface area contributed by atoms with Gasteiger partial charge in [0, 0.05) is 15.2 Å². The third kappa shape index (κ3) is 2.91. The third-order valence-electron chi connectivity index (χ3n) is 2.51. The van der Waals surface area contributed by atoms with Crippen molar-refractivity contribution in [3.63, 3.8) is 0 Å². The maximum atomic E-state index is 6.17. The van der Waals surface area contributed by atoms with Crippen LogP contribution in [-0.2, 0) is 0 Å². The number of rotatable bonds is 2. The first-order chi connectivity index (χ1) is 8.47. The second kappa shape index (κ2) is 5.39. The van der Waals surface area contributed by atoms with Gasteiger partial charge < -0.3 is 11.1 Å². The molecule has 0 aliphatic carbocycles. The molecule has 3 N–H and O–H groups in total. The molecule has 5 heteroatoms. The van der Waals surface area contributed by atoms with Crippen LogP contribution in [-0.4, -0.2) is 0 Å². The summed E-state index contributed by atoms with van der Waals surface area (Å²) in [7, 11) is 0. The number of nitrogens with one attached hydrogen (secondary N) is 1. The number of hydrogen-bond acceptors (Lipinski definition) is 2. The van der Waals surface area contributed by atoms with Crippen LogP contribution in [0.1, 0.15) is 5.56 Å². The predicted octanol–water partition coefficient (Wildman–Crippen LogP) is 5.39. The van der Waals surface area contributed by atoms with Crippen molar-refractivity contribution in [3.8, 4) is 0 Å².